The first-order valence-corrected chi connectivity index (χ1v) is 8.07. The van der Waals surface area contributed by atoms with E-state index < -0.39 is 18.2 Å². The van der Waals surface area contributed by atoms with Gasteiger partial charge in [-0.25, -0.2) is 0 Å². The smallest absolute Gasteiger partial charge is 0.303 e. The minimum Gasteiger partial charge on any atom is -0.482 e. The zero-order chi connectivity index (χ0) is 17.8. The molecule has 0 bridgehead atoms. The van der Waals surface area contributed by atoms with Crippen LogP contribution in [0.1, 0.15) is 18.9 Å². The van der Waals surface area contributed by atoms with E-state index in [-0.39, 0.29) is 12.3 Å². The molecule has 1 amide bonds. The van der Waals surface area contributed by atoms with Crippen LogP contribution in [-0.2, 0) is 16.0 Å². The molecular formula is C19H19NO5. The van der Waals surface area contributed by atoms with Crippen molar-refractivity contribution in [1.29, 1.82) is 0 Å². The molecule has 0 spiro atoms. The Morgan fingerprint density at radius 1 is 1.08 bits per heavy atom. The molecule has 1 heterocycles. The lowest BCUT2D eigenvalue weighted by Gasteiger charge is -2.31. The Hall–Kier alpha value is -3.02. The van der Waals surface area contributed by atoms with Gasteiger partial charge in [-0.2, -0.15) is 0 Å². The van der Waals surface area contributed by atoms with Gasteiger partial charge in [0.15, 0.2) is 11.5 Å². The Morgan fingerprint density at radius 3 is 2.52 bits per heavy atom. The molecule has 0 aromatic heterocycles. The van der Waals surface area contributed by atoms with E-state index in [0.717, 1.165) is 5.56 Å². The quantitative estimate of drug-likeness (QED) is 0.873. The highest BCUT2D eigenvalue weighted by Gasteiger charge is 2.34. The van der Waals surface area contributed by atoms with Crippen molar-refractivity contribution < 1.29 is 24.2 Å². The van der Waals surface area contributed by atoms with Crippen molar-refractivity contribution in [3.63, 3.8) is 0 Å². The number of carbonyl (C=O) groups excluding carboxylic acids is 1. The van der Waals surface area contributed by atoms with E-state index in [1.165, 1.54) is 0 Å². The molecule has 2 N–H and O–H groups in total. The van der Waals surface area contributed by atoms with E-state index in [2.05, 4.69) is 5.32 Å². The topological polar surface area (TPSA) is 84.9 Å². The minimum absolute atomic E-state index is 0.0464. The average molecular weight is 341 g/mol. The van der Waals surface area contributed by atoms with Gasteiger partial charge in [0.05, 0.1) is 0 Å². The molecule has 0 saturated carbocycles. The molecule has 2 atom stereocenters. The second-order valence-corrected chi connectivity index (χ2v) is 5.89. The standard InChI is InChI=1S/C19H19NO5/c1-12-18(25-16-8-3-2-7-15(16)24-12)19(23)20-14-6-4-5-13(11-14)9-10-17(21)22/h2-8,11-12,18H,9-10H2,1H3,(H,20,23)(H,21,22). The highest BCUT2D eigenvalue weighted by molar-refractivity contribution is 5.95. The maximum Gasteiger partial charge on any atom is 0.303 e. The molecule has 6 nitrogen and oxygen atoms in total. The first kappa shape index (κ1) is 16.8. The van der Waals surface area contributed by atoms with Crippen LogP contribution in [-0.4, -0.2) is 29.2 Å². The fourth-order valence-corrected chi connectivity index (χ4v) is 2.68. The number of hydrogen-bond donors (Lipinski definition) is 2. The molecule has 2 aromatic rings. The molecule has 1 aliphatic rings. The van der Waals surface area contributed by atoms with Gasteiger partial charge >= 0.3 is 5.97 Å². The number of aryl methyl sites for hydroxylation is 1. The van der Waals surface area contributed by atoms with Gasteiger partial charge < -0.3 is 19.9 Å². The normalized spacial score (nSPS) is 18.4. The van der Waals surface area contributed by atoms with E-state index in [1.54, 1.807) is 37.3 Å². The van der Waals surface area contributed by atoms with Crippen molar-refractivity contribution in [1.82, 2.24) is 0 Å². The maximum absolute atomic E-state index is 12.6. The first-order valence-electron chi connectivity index (χ1n) is 8.07. The molecule has 0 radical (unpaired) electrons. The van der Waals surface area contributed by atoms with Crippen molar-refractivity contribution in [3.05, 3.63) is 54.1 Å². The molecule has 0 aliphatic carbocycles. The summed E-state index contributed by atoms with van der Waals surface area (Å²) in [6, 6.07) is 14.4. The number of carbonyl (C=O) groups is 2. The van der Waals surface area contributed by atoms with Crippen LogP contribution in [0, 0.1) is 0 Å². The monoisotopic (exact) mass is 341 g/mol. The Balaban J connectivity index is 1.68. The summed E-state index contributed by atoms with van der Waals surface area (Å²) < 4.78 is 11.5. The molecule has 2 aromatic carbocycles. The Kier molecular flexibility index (Phi) is 4.88. The molecule has 0 saturated heterocycles. The molecular weight excluding hydrogens is 322 g/mol. The van der Waals surface area contributed by atoms with E-state index in [0.29, 0.717) is 23.6 Å². The zero-order valence-corrected chi connectivity index (χ0v) is 13.8. The van der Waals surface area contributed by atoms with Gasteiger partial charge in [0, 0.05) is 12.1 Å². The van der Waals surface area contributed by atoms with E-state index in [1.807, 2.05) is 18.2 Å². The second-order valence-electron chi connectivity index (χ2n) is 5.89. The van der Waals surface area contributed by atoms with Crippen molar-refractivity contribution >= 4 is 17.6 Å². The number of ether oxygens (including phenoxy) is 2. The number of aliphatic carboxylic acids is 1. The summed E-state index contributed by atoms with van der Waals surface area (Å²) in [6.07, 6.45) is -0.737. The summed E-state index contributed by atoms with van der Waals surface area (Å²) >= 11 is 0. The molecule has 130 valence electrons. The molecule has 2 unspecified atom stereocenters. The predicted molar refractivity (Wildman–Crippen MR) is 92.0 cm³/mol. The number of carboxylic acids is 1. The Bertz CT molecular complexity index is 789. The number of amides is 1. The molecule has 25 heavy (non-hydrogen) atoms. The molecule has 6 heteroatoms. The third kappa shape index (κ3) is 4.09. The SMILES string of the molecule is CC1Oc2ccccc2OC1C(=O)Nc1cccc(CCC(=O)O)c1. The van der Waals surface area contributed by atoms with Crippen LogP contribution in [0.25, 0.3) is 0 Å². The second kappa shape index (κ2) is 7.25. The molecule has 3 rings (SSSR count). The Labute approximate surface area is 145 Å². The lowest BCUT2D eigenvalue weighted by Crippen LogP contribution is -2.46. The first-order chi connectivity index (χ1) is 12.0. The van der Waals surface area contributed by atoms with Crippen molar-refractivity contribution in [3.8, 4) is 11.5 Å². The number of anilines is 1. The number of benzene rings is 2. The zero-order valence-electron chi connectivity index (χ0n) is 13.8. The predicted octanol–water partition coefficient (Wildman–Crippen LogP) is 2.87. The van der Waals surface area contributed by atoms with Crippen LogP contribution >= 0.6 is 0 Å². The lowest BCUT2D eigenvalue weighted by molar-refractivity contribution is -0.137. The fraction of sp³-hybridized carbons (Fsp3) is 0.263. The summed E-state index contributed by atoms with van der Waals surface area (Å²) in [5.74, 6) is -0.00209. The van der Waals surface area contributed by atoms with Crippen LogP contribution in [0.4, 0.5) is 5.69 Å². The van der Waals surface area contributed by atoms with Crippen molar-refractivity contribution in [2.45, 2.75) is 32.0 Å². The highest BCUT2D eigenvalue weighted by atomic mass is 16.6. The maximum atomic E-state index is 12.6. The Morgan fingerprint density at radius 2 is 1.80 bits per heavy atom. The third-order valence-electron chi connectivity index (χ3n) is 3.92. The van der Waals surface area contributed by atoms with E-state index in [4.69, 9.17) is 14.6 Å². The molecule has 1 aliphatic heterocycles. The van der Waals surface area contributed by atoms with Crippen molar-refractivity contribution in [2.75, 3.05) is 5.32 Å². The lowest BCUT2D eigenvalue weighted by atomic mass is 10.1. The van der Waals surface area contributed by atoms with Crippen LogP contribution in [0.3, 0.4) is 0 Å². The van der Waals surface area contributed by atoms with E-state index >= 15 is 0 Å². The van der Waals surface area contributed by atoms with Crippen LogP contribution in [0.2, 0.25) is 0 Å². The van der Waals surface area contributed by atoms with Gasteiger partial charge in [-0.1, -0.05) is 24.3 Å². The minimum atomic E-state index is -0.852. The van der Waals surface area contributed by atoms with Crippen LogP contribution in [0.15, 0.2) is 48.5 Å². The van der Waals surface area contributed by atoms with Crippen molar-refractivity contribution in [2.24, 2.45) is 0 Å². The summed E-state index contributed by atoms with van der Waals surface area (Å²) in [7, 11) is 0. The van der Waals surface area contributed by atoms with Gasteiger partial charge in [-0.05, 0) is 43.2 Å². The fourth-order valence-electron chi connectivity index (χ4n) is 2.68. The number of rotatable bonds is 5. The van der Waals surface area contributed by atoms with Crippen LogP contribution < -0.4 is 14.8 Å². The van der Waals surface area contributed by atoms with Gasteiger partial charge in [-0.15, -0.1) is 0 Å². The summed E-state index contributed by atoms with van der Waals surface area (Å²) in [5, 5.41) is 11.6. The largest absolute Gasteiger partial charge is 0.482 e. The van der Waals surface area contributed by atoms with Gasteiger partial charge in [0.2, 0.25) is 6.10 Å². The summed E-state index contributed by atoms with van der Waals surface area (Å²) in [4.78, 5) is 23.2. The van der Waals surface area contributed by atoms with Gasteiger partial charge in [0.1, 0.15) is 6.10 Å². The number of carboxylic acid groups (broad SMARTS) is 1. The number of hydrogen-bond acceptors (Lipinski definition) is 4. The number of fused-ring (bicyclic) bond motifs is 1. The van der Waals surface area contributed by atoms with Gasteiger partial charge in [-0.3, -0.25) is 9.59 Å². The number of nitrogens with one attached hydrogen (secondary N) is 1. The highest BCUT2D eigenvalue weighted by Crippen LogP contribution is 2.33. The summed E-state index contributed by atoms with van der Waals surface area (Å²) in [5.41, 5.74) is 1.45. The van der Waals surface area contributed by atoms with E-state index in [9.17, 15) is 9.59 Å². The summed E-state index contributed by atoms with van der Waals surface area (Å²) in [6.45, 7) is 1.78. The van der Waals surface area contributed by atoms with Gasteiger partial charge in [0.25, 0.3) is 5.91 Å². The molecule has 0 fully saturated rings. The average Bonchev–Trinajstić information content (AvgIpc) is 2.59. The third-order valence-corrected chi connectivity index (χ3v) is 3.92. The van der Waals surface area contributed by atoms with Crippen LogP contribution in [0.5, 0.6) is 11.5 Å². The number of para-hydroxylation sites is 2.